The summed E-state index contributed by atoms with van der Waals surface area (Å²) in [5.74, 6) is 0.488. The molecule has 1 atom stereocenters. The maximum atomic E-state index is 12.3. The highest BCUT2D eigenvalue weighted by molar-refractivity contribution is 6.02. The lowest BCUT2D eigenvalue weighted by Gasteiger charge is -2.13. The van der Waals surface area contributed by atoms with Crippen molar-refractivity contribution in [2.45, 2.75) is 5.92 Å². The molecule has 1 saturated heterocycles. The van der Waals surface area contributed by atoms with E-state index in [9.17, 15) is 15.0 Å². The first-order valence-corrected chi connectivity index (χ1v) is 7.77. The number of ether oxygens (including phenoxy) is 2. The highest BCUT2D eigenvalue weighted by Gasteiger charge is 2.30. The van der Waals surface area contributed by atoms with Gasteiger partial charge in [-0.2, -0.15) is 0 Å². The molecular weight excluding hydrogens is 322 g/mol. The number of hydrogen-bond donors (Lipinski definition) is 3. The van der Waals surface area contributed by atoms with Gasteiger partial charge in [0, 0.05) is 18.0 Å². The number of carbonyl (C=O) groups is 1. The maximum absolute atomic E-state index is 12.3. The summed E-state index contributed by atoms with van der Waals surface area (Å²) in [5, 5.41) is 22.3. The Morgan fingerprint density at radius 3 is 2.36 bits per heavy atom. The van der Waals surface area contributed by atoms with Gasteiger partial charge in [-0.1, -0.05) is 12.1 Å². The zero-order valence-electron chi connectivity index (χ0n) is 13.9. The van der Waals surface area contributed by atoms with E-state index < -0.39 is 0 Å². The molecule has 1 heterocycles. The Morgan fingerprint density at radius 2 is 1.68 bits per heavy atom. The molecule has 2 aromatic rings. The average Bonchev–Trinajstić information content (AvgIpc) is 2.97. The van der Waals surface area contributed by atoms with E-state index >= 15 is 0 Å². The molecular formula is C19H19NO5. The standard InChI is InChI=1S/C19H19NO5/c1-24-17-8-11(3-5-15(17)21)7-13-14(10-20-19(13)23)12-4-6-16(22)18(9-12)25-2/h3-9,14,21-22H,10H2,1-2H3,(H,20,23)/b13-7+. The predicted molar refractivity (Wildman–Crippen MR) is 93.0 cm³/mol. The first-order valence-electron chi connectivity index (χ1n) is 7.77. The van der Waals surface area contributed by atoms with Crippen molar-refractivity contribution in [3.05, 3.63) is 53.1 Å². The van der Waals surface area contributed by atoms with Gasteiger partial charge in [-0.3, -0.25) is 4.79 Å². The van der Waals surface area contributed by atoms with Crippen LogP contribution in [0.25, 0.3) is 6.08 Å². The Kier molecular flexibility index (Phi) is 4.52. The normalized spacial score (nSPS) is 18.2. The van der Waals surface area contributed by atoms with E-state index in [0.29, 0.717) is 23.6 Å². The number of carbonyl (C=O) groups excluding carboxylic acids is 1. The van der Waals surface area contributed by atoms with E-state index in [2.05, 4.69) is 5.32 Å². The van der Waals surface area contributed by atoms with Crippen LogP contribution in [-0.2, 0) is 4.79 Å². The molecule has 1 aliphatic heterocycles. The minimum atomic E-state index is -0.165. The van der Waals surface area contributed by atoms with Gasteiger partial charge in [0.05, 0.1) is 14.2 Å². The average molecular weight is 341 g/mol. The Labute approximate surface area is 145 Å². The third kappa shape index (κ3) is 3.24. The van der Waals surface area contributed by atoms with Gasteiger partial charge in [-0.05, 0) is 41.5 Å². The summed E-state index contributed by atoms with van der Waals surface area (Å²) in [6, 6.07) is 9.96. The number of aromatic hydroxyl groups is 2. The van der Waals surface area contributed by atoms with E-state index in [4.69, 9.17) is 9.47 Å². The number of amides is 1. The largest absolute Gasteiger partial charge is 0.504 e. The third-order valence-corrected chi connectivity index (χ3v) is 4.24. The van der Waals surface area contributed by atoms with E-state index in [1.807, 2.05) is 0 Å². The molecule has 0 spiro atoms. The van der Waals surface area contributed by atoms with Gasteiger partial charge in [0.25, 0.3) is 0 Å². The van der Waals surface area contributed by atoms with Crippen LogP contribution >= 0.6 is 0 Å². The number of methoxy groups -OCH3 is 2. The number of phenolic OH excluding ortho intramolecular Hbond substituents is 2. The van der Waals surface area contributed by atoms with E-state index in [-0.39, 0.29) is 23.3 Å². The number of phenols is 2. The fourth-order valence-corrected chi connectivity index (χ4v) is 2.90. The van der Waals surface area contributed by atoms with Crippen LogP contribution in [0.3, 0.4) is 0 Å². The maximum Gasteiger partial charge on any atom is 0.247 e. The summed E-state index contributed by atoms with van der Waals surface area (Å²) in [7, 11) is 2.95. The van der Waals surface area contributed by atoms with Crippen LogP contribution in [0.4, 0.5) is 0 Å². The first kappa shape index (κ1) is 16.7. The molecule has 0 radical (unpaired) electrons. The van der Waals surface area contributed by atoms with Crippen molar-refractivity contribution in [1.29, 1.82) is 0 Å². The Hall–Kier alpha value is -3.15. The fraction of sp³-hybridized carbons (Fsp3) is 0.211. The highest BCUT2D eigenvalue weighted by Crippen LogP contribution is 2.36. The molecule has 0 bridgehead atoms. The second kappa shape index (κ2) is 6.76. The Morgan fingerprint density at radius 1 is 1.04 bits per heavy atom. The molecule has 0 saturated carbocycles. The summed E-state index contributed by atoms with van der Waals surface area (Å²) in [6.07, 6.45) is 1.77. The van der Waals surface area contributed by atoms with Gasteiger partial charge in [0.2, 0.25) is 5.91 Å². The van der Waals surface area contributed by atoms with Gasteiger partial charge >= 0.3 is 0 Å². The summed E-state index contributed by atoms with van der Waals surface area (Å²) >= 11 is 0. The van der Waals surface area contributed by atoms with Crippen LogP contribution in [0, 0.1) is 0 Å². The molecule has 6 nitrogen and oxygen atoms in total. The molecule has 130 valence electrons. The van der Waals surface area contributed by atoms with Crippen LogP contribution in [0.2, 0.25) is 0 Å². The second-order valence-electron chi connectivity index (χ2n) is 5.72. The second-order valence-corrected chi connectivity index (χ2v) is 5.72. The van der Waals surface area contributed by atoms with E-state index in [0.717, 1.165) is 11.1 Å². The predicted octanol–water partition coefficient (Wildman–Crippen LogP) is 2.41. The van der Waals surface area contributed by atoms with Gasteiger partial charge in [-0.25, -0.2) is 0 Å². The fourth-order valence-electron chi connectivity index (χ4n) is 2.90. The summed E-state index contributed by atoms with van der Waals surface area (Å²) < 4.78 is 10.3. The molecule has 25 heavy (non-hydrogen) atoms. The van der Waals surface area contributed by atoms with Gasteiger partial charge < -0.3 is 25.0 Å². The Bertz CT molecular complexity index is 844. The minimum absolute atomic E-state index is 0.0420. The molecule has 3 rings (SSSR count). The summed E-state index contributed by atoms with van der Waals surface area (Å²) in [4.78, 5) is 12.3. The van der Waals surface area contributed by atoms with Crippen molar-refractivity contribution < 1.29 is 24.5 Å². The Balaban J connectivity index is 2.00. The molecule has 3 N–H and O–H groups in total. The van der Waals surface area contributed by atoms with Crippen molar-refractivity contribution in [2.24, 2.45) is 0 Å². The van der Waals surface area contributed by atoms with Gasteiger partial charge in [0.15, 0.2) is 23.0 Å². The van der Waals surface area contributed by atoms with E-state index in [1.165, 1.54) is 20.3 Å². The highest BCUT2D eigenvalue weighted by atomic mass is 16.5. The quantitative estimate of drug-likeness (QED) is 0.743. The third-order valence-electron chi connectivity index (χ3n) is 4.24. The van der Waals surface area contributed by atoms with Crippen LogP contribution < -0.4 is 14.8 Å². The number of benzene rings is 2. The molecule has 0 aliphatic carbocycles. The topological polar surface area (TPSA) is 88.0 Å². The van der Waals surface area contributed by atoms with Crippen LogP contribution in [0.15, 0.2) is 42.0 Å². The number of nitrogens with one attached hydrogen (secondary N) is 1. The van der Waals surface area contributed by atoms with Crippen LogP contribution in [0.5, 0.6) is 23.0 Å². The molecule has 6 heteroatoms. The first-order chi connectivity index (χ1) is 12.0. The van der Waals surface area contributed by atoms with Crippen molar-refractivity contribution in [2.75, 3.05) is 20.8 Å². The van der Waals surface area contributed by atoms with Gasteiger partial charge in [0.1, 0.15) is 0 Å². The molecule has 2 aromatic carbocycles. The minimum Gasteiger partial charge on any atom is -0.504 e. The molecule has 1 amide bonds. The van der Waals surface area contributed by atoms with Gasteiger partial charge in [-0.15, -0.1) is 0 Å². The SMILES string of the molecule is COc1cc(/C=C2/C(=O)NCC2c2ccc(O)c(OC)c2)ccc1O. The zero-order valence-corrected chi connectivity index (χ0v) is 13.9. The van der Waals surface area contributed by atoms with Crippen LogP contribution in [0.1, 0.15) is 17.0 Å². The summed E-state index contributed by atoms with van der Waals surface area (Å²) in [5.41, 5.74) is 2.21. The zero-order chi connectivity index (χ0) is 18.0. The van der Waals surface area contributed by atoms with Crippen molar-refractivity contribution in [1.82, 2.24) is 5.32 Å². The van der Waals surface area contributed by atoms with Crippen LogP contribution in [-0.4, -0.2) is 36.9 Å². The number of rotatable bonds is 4. The lowest BCUT2D eigenvalue weighted by molar-refractivity contribution is -0.116. The monoisotopic (exact) mass is 341 g/mol. The lowest BCUT2D eigenvalue weighted by Crippen LogP contribution is -2.14. The van der Waals surface area contributed by atoms with Crippen molar-refractivity contribution in [3.63, 3.8) is 0 Å². The molecule has 1 fully saturated rings. The molecule has 0 aromatic heterocycles. The lowest BCUT2D eigenvalue weighted by atomic mass is 9.92. The number of hydrogen-bond acceptors (Lipinski definition) is 5. The molecule has 1 aliphatic rings. The summed E-state index contributed by atoms with van der Waals surface area (Å²) in [6.45, 7) is 0.466. The molecule has 1 unspecified atom stereocenters. The van der Waals surface area contributed by atoms with E-state index in [1.54, 1.807) is 36.4 Å². The smallest absolute Gasteiger partial charge is 0.247 e. The van der Waals surface area contributed by atoms with Crippen molar-refractivity contribution in [3.8, 4) is 23.0 Å². The van der Waals surface area contributed by atoms with Crippen molar-refractivity contribution >= 4 is 12.0 Å².